The van der Waals surface area contributed by atoms with Crippen molar-refractivity contribution < 1.29 is 14.3 Å². The number of aryl methyl sites for hydroxylation is 1. The van der Waals surface area contributed by atoms with Gasteiger partial charge in [0.2, 0.25) is 5.91 Å². The van der Waals surface area contributed by atoms with Gasteiger partial charge in [0, 0.05) is 5.69 Å². The first-order chi connectivity index (χ1) is 13.2. The van der Waals surface area contributed by atoms with E-state index in [9.17, 15) is 9.59 Å². The summed E-state index contributed by atoms with van der Waals surface area (Å²) in [6, 6.07) is 17.3. The number of fused-ring (bicyclic) bond motifs is 1. The van der Waals surface area contributed by atoms with Crippen LogP contribution in [0.25, 0.3) is 0 Å². The van der Waals surface area contributed by atoms with Crippen LogP contribution in [0.1, 0.15) is 36.8 Å². The van der Waals surface area contributed by atoms with Crippen LogP contribution in [-0.4, -0.2) is 31.1 Å². The van der Waals surface area contributed by atoms with Crippen molar-refractivity contribution >= 4 is 17.6 Å². The number of carbonyl (C=O) groups excluding carboxylic acids is 2. The molecule has 0 fully saturated rings. The van der Waals surface area contributed by atoms with Crippen LogP contribution in [0, 0.1) is 0 Å². The minimum absolute atomic E-state index is 0.0210. The van der Waals surface area contributed by atoms with Crippen LogP contribution in [0.3, 0.4) is 0 Å². The molecule has 2 atom stereocenters. The SMILES string of the molecule is CCOC(=O)C(CCN[C@H]1CCc2ccccc2NC1=O)c1ccccc1. The lowest BCUT2D eigenvalue weighted by Gasteiger charge is -2.19. The first kappa shape index (κ1) is 19.1. The van der Waals surface area contributed by atoms with Crippen molar-refractivity contribution in [2.45, 2.75) is 38.1 Å². The van der Waals surface area contributed by atoms with E-state index in [1.807, 2.05) is 61.5 Å². The van der Waals surface area contributed by atoms with Crippen molar-refractivity contribution in [3.8, 4) is 0 Å². The third kappa shape index (κ3) is 4.95. The maximum atomic E-state index is 12.5. The number of esters is 1. The summed E-state index contributed by atoms with van der Waals surface area (Å²) in [6.07, 6.45) is 2.16. The molecular formula is C22H26N2O3. The molecule has 142 valence electrons. The molecule has 5 nitrogen and oxygen atoms in total. The number of anilines is 1. The van der Waals surface area contributed by atoms with E-state index in [0.717, 1.165) is 29.7 Å². The van der Waals surface area contributed by atoms with Crippen LogP contribution in [0.15, 0.2) is 54.6 Å². The fourth-order valence-electron chi connectivity index (χ4n) is 3.46. The topological polar surface area (TPSA) is 67.4 Å². The van der Waals surface area contributed by atoms with Gasteiger partial charge in [-0.05, 0) is 49.9 Å². The zero-order valence-electron chi connectivity index (χ0n) is 15.6. The van der Waals surface area contributed by atoms with E-state index in [0.29, 0.717) is 19.6 Å². The van der Waals surface area contributed by atoms with Crippen molar-refractivity contribution in [2.24, 2.45) is 0 Å². The van der Waals surface area contributed by atoms with Crippen LogP contribution in [0.5, 0.6) is 0 Å². The van der Waals surface area contributed by atoms with E-state index < -0.39 is 0 Å². The van der Waals surface area contributed by atoms with Gasteiger partial charge in [-0.25, -0.2) is 0 Å². The van der Waals surface area contributed by atoms with E-state index in [-0.39, 0.29) is 23.8 Å². The smallest absolute Gasteiger partial charge is 0.313 e. The molecule has 3 rings (SSSR count). The number of para-hydroxylation sites is 1. The molecule has 0 bridgehead atoms. The van der Waals surface area contributed by atoms with E-state index >= 15 is 0 Å². The summed E-state index contributed by atoms with van der Waals surface area (Å²) in [5, 5.41) is 6.32. The van der Waals surface area contributed by atoms with Gasteiger partial charge in [-0.3, -0.25) is 9.59 Å². The Morgan fingerprint density at radius 2 is 1.93 bits per heavy atom. The summed E-state index contributed by atoms with van der Waals surface area (Å²) in [5.41, 5.74) is 2.99. The van der Waals surface area contributed by atoms with Crippen molar-refractivity contribution in [2.75, 3.05) is 18.5 Å². The predicted octanol–water partition coefficient (Wildman–Crippen LogP) is 3.27. The average molecular weight is 366 g/mol. The summed E-state index contributed by atoms with van der Waals surface area (Å²) < 4.78 is 5.24. The summed E-state index contributed by atoms with van der Waals surface area (Å²) in [7, 11) is 0. The number of hydrogen-bond acceptors (Lipinski definition) is 4. The number of carbonyl (C=O) groups is 2. The van der Waals surface area contributed by atoms with Gasteiger partial charge < -0.3 is 15.4 Å². The predicted molar refractivity (Wildman–Crippen MR) is 106 cm³/mol. The van der Waals surface area contributed by atoms with Gasteiger partial charge in [0.15, 0.2) is 0 Å². The lowest BCUT2D eigenvalue weighted by molar-refractivity contribution is -0.145. The molecule has 1 aliphatic heterocycles. The lowest BCUT2D eigenvalue weighted by Crippen LogP contribution is -2.40. The molecule has 5 heteroatoms. The van der Waals surface area contributed by atoms with Gasteiger partial charge in [0.05, 0.1) is 18.6 Å². The van der Waals surface area contributed by atoms with Gasteiger partial charge in [0.1, 0.15) is 0 Å². The molecule has 0 spiro atoms. The Hall–Kier alpha value is -2.66. The van der Waals surface area contributed by atoms with Gasteiger partial charge in [-0.2, -0.15) is 0 Å². The van der Waals surface area contributed by atoms with Crippen LogP contribution in [-0.2, 0) is 20.7 Å². The monoisotopic (exact) mass is 366 g/mol. The highest BCUT2D eigenvalue weighted by molar-refractivity contribution is 5.96. The first-order valence-corrected chi connectivity index (χ1v) is 9.52. The highest BCUT2D eigenvalue weighted by Gasteiger charge is 2.25. The maximum absolute atomic E-state index is 12.5. The van der Waals surface area contributed by atoms with E-state index in [1.54, 1.807) is 0 Å². The molecule has 27 heavy (non-hydrogen) atoms. The molecule has 0 aromatic heterocycles. The summed E-state index contributed by atoms with van der Waals surface area (Å²) in [4.78, 5) is 24.9. The van der Waals surface area contributed by atoms with Crippen LogP contribution < -0.4 is 10.6 Å². The Bertz CT molecular complexity index is 776. The van der Waals surface area contributed by atoms with Crippen molar-refractivity contribution in [1.29, 1.82) is 0 Å². The van der Waals surface area contributed by atoms with Crippen LogP contribution in [0.2, 0.25) is 0 Å². The average Bonchev–Trinajstić information content (AvgIpc) is 2.84. The Labute approximate surface area is 160 Å². The molecule has 1 heterocycles. The molecule has 0 aliphatic carbocycles. The van der Waals surface area contributed by atoms with E-state index in [2.05, 4.69) is 10.6 Å². The fraction of sp³-hybridized carbons (Fsp3) is 0.364. The van der Waals surface area contributed by atoms with Crippen molar-refractivity contribution in [1.82, 2.24) is 5.32 Å². The summed E-state index contributed by atoms with van der Waals surface area (Å²) >= 11 is 0. The number of amides is 1. The molecule has 0 saturated heterocycles. The second-order valence-electron chi connectivity index (χ2n) is 6.70. The Morgan fingerprint density at radius 1 is 1.19 bits per heavy atom. The van der Waals surface area contributed by atoms with Crippen LogP contribution >= 0.6 is 0 Å². The van der Waals surface area contributed by atoms with Gasteiger partial charge >= 0.3 is 5.97 Å². The fourth-order valence-corrected chi connectivity index (χ4v) is 3.46. The molecule has 1 amide bonds. The molecule has 2 N–H and O–H groups in total. The standard InChI is InChI=1S/C22H26N2O3/c1-2-27-22(26)18(16-8-4-3-5-9-16)14-15-23-20-13-12-17-10-6-7-11-19(17)24-21(20)25/h3-11,18,20,23H,2,12-15H2,1H3,(H,24,25)/t18?,20-/m0/s1. The largest absolute Gasteiger partial charge is 0.466 e. The highest BCUT2D eigenvalue weighted by Crippen LogP contribution is 2.23. The van der Waals surface area contributed by atoms with Crippen molar-refractivity contribution in [3.63, 3.8) is 0 Å². The van der Waals surface area contributed by atoms with Crippen LogP contribution in [0.4, 0.5) is 5.69 Å². The zero-order valence-corrected chi connectivity index (χ0v) is 15.6. The van der Waals surface area contributed by atoms with Crippen molar-refractivity contribution in [3.05, 3.63) is 65.7 Å². The molecule has 1 aliphatic rings. The van der Waals surface area contributed by atoms with Gasteiger partial charge in [-0.1, -0.05) is 48.5 Å². The second-order valence-corrected chi connectivity index (χ2v) is 6.70. The molecule has 2 aromatic carbocycles. The minimum Gasteiger partial charge on any atom is -0.466 e. The molecule has 0 radical (unpaired) electrons. The zero-order chi connectivity index (χ0) is 19.1. The maximum Gasteiger partial charge on any atom is 0.313 e. The molecule has 0 saturated carbocycles. The molecule has 2 aromatic rings. The lowest BCUT2D eigenvalue weighted by atomic mass is 9.95. The van der Waals surface area contributed by atoms with E-state index in [4.69, 9.17) is 4.74 Å². The number of nitrogens with one attached hydrogen (secondary N) is 2. The third-order valence-corrected chi connectivity index (χ3v) is 4.89. The highest BCUT2D eigenvalue weighted by atomic mass is 16.5. The minimum atomic E-state index is -0.329. The second kappa shape index (κ2) is 9.33. The normalized spacial score (nSPS) is 17.4. The Morgan fingerprint density at radius 3 is 2.70 bits per heavy atom. The summed E-state index contributed by atoms with van der Waals surface area (Å²) in [6.45, 7) is 2.73. The first-order valence-electron chi connectivity index (χ1n) is 9.52. The van der Waals surface area contributed by atoms with Gasteiger partial charge in [-0.15, -0.1) is 0 Å². The summed E-state index contributed by atoms with van der Waals surface area (Å²) in [5.74, 6) is -0.569. The third-order valence-electron chi connectivity index (χ3n) is 4.89. The molecule has 1 unspecified atom stereocenters. The quantitative estimate of drug-likeness (QED) is 0.738. The number of benzene rings is 2. The molecular weight excluding hydrogens is 340 g/mol. The van der Waals surface area contributed by atoms with E-state index in [1.165, 1.54) is 0 Å². The van der Waals surface area contributed by atoms with Gasteiger partial charge in [0.25, 0.3) is 0 Å². The number of rotatable bonds is 7. The number of hydrogen-bond donors (Lipinski definition) is 2. The Kier molecular flexibility index (Phi) is 6.60. The number of ether oxygens (including phenoxy) is 1. The Balaban J connectivity index is 1.60.